The van der Waals surface area contributed by atoms with Gasteiger partial charge in [-0.05, 0) is 18.4 Å². The summed E-state index contributed by atoms with van der Waals surface area (Å²) in [6.07, 6.45) is 0. The molecule has 0 aliphatic rings. The second kappa shape index (κ2) is 6.50. The highest BCUT2D eigenvalue weighted by Gasteiger charge is 2.15. The number of hydrogen-bond acceptors (Lipinski definition) is 2. The van der Waals surface area contributed by atoms with Gasteiger partial charge in [0.05, 0.1) is 8.07 Å². The summed E-state index contributed by atoms with van der Waals surface area (Å²) in [4.78, 5) is 0. The van der Waals surface area contributed by atoms with Gasteiger partial charge in [0, 0.05) is 19.2 Å². The third kappa shape index (κ3) is 4.56. The first kappa shape index (κ1) is 15.4. The van der Waals surface area contributed by atoms with Crippen molar-refractivity contribution in [2.45, 2.75) is 46.1 Å². The lowest BCUT2D eigenvalue weighted by Gasteiger charge is -2.20. The van der Waals surface area contributed by atoms with Crippen LogP contribution in [0.2, 0.25) is 19.6 Å². The molecule has 1 rings (SSSR count). The van der Waals surface area contributed by atoms with Crippen molar-refractivity contribution >= 4 is 13.3 Å². The van der Waals surface area contributed by atoms with Gasteiger partial charge in [-0.15, -0.1) is 0 Å². The Morgan fingerprint density at radius 1 is 1.11 bits per heavy atom. The lowest BCUT2D eigenvalue weighted by Crippen LogP contribution is -2.37. The van der Waals surface area contributed by atoms with Gasteiger partial charge < -0.3 is 10.4 Å². The fraction of sp³-hybridized carbons (Fsp3) is 0.600. The van der Waals surface area contributed by atoms with E-state index in [1.807, 2.05) is 0 Å². The highest BCUT2D eigenvalue weighted by atomic mass is 28.3. The third-order valence-electron chi connectivity index (χ3n) is 3.59. The first-order valence-corrected chi connectivity index (χ1v) is 10.3. The van der Waals surface area contributed by atoms with Crippen molar-refractivity contribution in [2.24, 2.45) is 5.92 Å². The molecule has 2 unspecified atom stereocenters. The molecule has 0 heterocycles. The van der Waals surface area contributed by atoms with Crippen LogP contribution < -0.4 is 10.5 Å². The number of hydrogen-bond donors (Lipinski definition) is 2. The highest BCUT2D eigenvalue weighted by Crippen LogP contribution is 2.06. The quantitative estimate of drug-likeness (QED) is 0.774. The minimum atomic E-state index is -1.18. The lowest BCUT2D eigenvalue weighted by atomic mass is 10.0. The van der Waals surface area contributed by atoms with Crippen LogP contribution in [0.3, 0.4) is 0 Å². The van der Waals surface area contributed by atoms with E-state index in [9.17, 15) is 0 Å². The maximum Gasteiger partial charge on any atom is 0.0775 e. The van der Waals surface area contributed by atoms with E-state index < -0.39 is 8.07 Å². The average Bonchev–Trinajstić information content (AvgIpc) is 2.34. The van der Waals surface area contributed by atoms with Gasteiger partial charge in [0.25, 0.3) is 0 Å². The molecule has 2 N–H and O–H groups in total. The molecule has 0 fully saturated rings. The summed E-state index contributed by atoms with van der Waals surface area (Å²) < 4.78 is 0. The largest absolute Gasteiger partial charge is 0.396 e. The molecule has 0 saturated carbocycles. The zero-order chi connectivity index (χ0) is 13.8. The van der Waals surface area contributed by atoms with Gasteiger partial charge in [-0.2, -0.15) is 0 Å². The molecule has 1 aromatic rings. The monoisotopic (exact) mass is 265 g/mol. The van der Waals surface area contributed by atoms with Gasteiger partial charge >= 0.3 is 0 Å². The predicted molar refractivity (Wildman–Crippen MR) is 82.0 cm³/mol. The number of aliphatic hydroxyl groups is 1. The Bertz CT molecular complexity index is 356. The van der Waals surface area contributed by atoms with Crippen molar-refractivity contribution in [1.82, 2.24) is 5.32 Å². The number of nitrogens with one attached hydrogen (secondary N) is 1. The summed E-state index contributed by atoms with van der Waals surface area (Å²) in [6.45, 7) is 12.4. The second-order valence-electron chi connectivity index (χ2n) is 6.28. The Balaban J connectivity index is 2.54. The van der Waals surface area contributed by atoms with Crippen LogP contribution in [0.25, 0.3) is 0 Å². The maximum atomic E-state index is 9.09. The van der Waals surface area contributed by atoms with Gasteiger partial charge in [-0.25, -0.2) is 0 Å². The van der Waals surface area contributed by atoms with Crippen LogP contribution in [0.5, 0.6) is 0 Å². The smallest absolute Gasteiger partial charge is 0.0775 e. The van der Waals surface area contributed by atoms with E-state index in [1.165, 1.54) is 10.8 Å². The predicted octanol–water partition coefficient (Wildman–Crippen LogP) is 2.34. The second-order valence-corrected chi connectivity index (χ2v) is 11.4. The molecule has 0 aliphatic carbocycles. The van der Waals surface area contributed by atoms with Crippen LogP contribution in [-0.4, -0.2) is 25.8 Å². The Morgan fingerprint density at radius 2 is 1.67 bits per heavy atom. The molecule has 2 atom stereocenters. The van der Waals surface area contributed by atoms with Crippen LogP contribution in [0, 0.1) is 5.92 Å². The Labute approximate surface area is 112 Å². The molecule has 102 valence electrons. The molecule has 0 radical (unpaired) electrons. The lowest BCUT2D eigenvalue weighted by molar-refractivity contribution is 0.207. The molecule has 0 spiro atoms. The van der Waals surface area contributed by atoms with Gasteiger partial charge in [-0.1, -0.05) is 56.0 Å². The van der Waals surface area contributed by atoms with E-state index in [-0.39, 0.29) is 6.61 Å². The topological polar surface area (TPSA) is 32.3 Å². The third-order valence-corrected chi connectivity index (χ3v) is 5.66. The summed E-state index contributed by atoms with van der Waals surface area (Å²) in [5.41, 5.74) is 1.31. The molecule has 0 bridgehead atoms. The molecule has 0 aliphatic heterocycles. The number of rotatable bonds is 6. The van der Waals surface area contributed by atoms with Crippen molar-refractivity contribution in [3.05, 3.63) is 29.8 Å². The number of aliphatic hydroxyl groups excluding tert-OH is 1. The molecule has 0 saturated heterocycles. The van der Waals surface area contributed by atoms with E-state index in [0.29, 0.717) is 12.0 Å². The van der Waals surface area contributed by atoms with Gasteiger partial charge in [-0.3, -0.25) is 0 Å². The molecular formula is C15H27NOSi. The Kier molecular flexibility index (Phi) is 5.57. The van der Waals surface area contributed by atoms with Crippen LogP contribution in [0.1, 0.15) is 19.4 Å². The van der Waals surface area contributed by atoms with Gasteiger partial charge in [0.1, 0.15) is 0 Å². The summed E-state index contributed by atoms with van der Waals surface area (Å²) in [6, 6.07) is 9.31. The van der Waals surface area contributed by atoms with E-state index in [2.05, 4.69) is 63.1 Å². The minimum absolute atomic E-state index is 0.239. The standard InChI is InChI=1S/C15H27NOSi/c1-12(11-17)13(2)16-10-14-6-8-15(9-7-14)18(3,4)5/h6-9,12-13,16-17H,10-11H2,1-5H3. The summed E-state index contributed by atoms with van der Waals surface area (Å²) >= 11 is 0. The van der Waals surface area contributed by atoms with Crippen molar-refractivity contribution in [3.8, 4) is 0 Å². The normalized spacial score (nSPS) is 15.4. The van der Waals surface area contributed by atoms with Crippen LogP contribution >= 0.6 is 0 Å². The fourth-order valence-corrected chi connectivity index (χ4v) is 2.93. The van der Waals surface area contributed by atoms with Crippen LogP contribution in [-0.2, 0) is 6.54 Å². The van der Waals surface area contributed by atoms with Crippen molar-refractivity contribution in [1.29, 1.82) is 0 Å². The summed E-state index contributed by atoms with van der Waals surface area (Å²) in [5, 5.41) is 14.1. The molecule has 0 aromatic heterocycles. The number of benzene rings is 1. The Morgan fingerprint density at radius 3 is 2.11 bits per heavy atom. The van der Waals surface area contributed by atoms with E-state index in [0.717, 1.165) is 6.54 Å². The molecule has 1 aromatic carbocycles. The molecule has 2 nitrogen and oxygen atoms in total. The molecular weight excluding hydrogens is 238 g/mol. The molecule has 18 heavy (non-hydrogen) atoms. The van der Waals surface area contributed by atoms with Gasteiger partial charge in [0.15, 0.2) is 0 Å². The zero-order valence-corrected chi connectivity index (χ0v) is 13.3. The molecule has 0 amide bonds. The first-order valence-electron chi connectivity index (χ1n) is 6.78. The average molecular weight is 265 g/mol. The SMILES string of the molecule is CC(CO)C(C)NCc1ccc([Si](C)(C)C)cc1. The maximum absolute atomic E-state index is 9.09. The van der Waals surface area contributed by atoms with Crippen molar-refractivity contribution in [3.63, 3.8) is 0 Å². The minimum Gasteiger partial charge on any atom is -0.396 e. The Hall–Kier alpha value is -0.643. The zero-order valence-electron chi connectivity index (χ0n) is 12.3. The van der Waals surface area contributed by atoms with Crippen molar-refractivity contribution < 1.29 is 5.11 Å². The highest BCUT2D eigenvalue weighted by molar-refractivity contribution is 6.88. The van der Waals surface area contributed by atoms with E-state index in [1.54, 1.807) is 0 Å². The summed E-state index contributed by atoms with van der Waals surface area (Å²) in [5.74, 6) is 0.297. The first-order chi connectivity index (χ1) is 8.34. The van der Waals surface area contributed by atoms with Crippen LogP contribution in [0.4, 0.5) is 0 Å². The van der Waals surface area contributed by atoms with E-state index in [4.69, 9.17) is 5.11 Å². The fourth-order valence-electron chi connectivity index (χ4n) is 1.76. The van der Waals surface area contributed by atoms with E-state index >= 15 is 0 Å². The summed E-state index contributed by atoms with van der Waals surface area (Å²) in [7, 11) is -1.18. The molecule has 3 heteroatoms. The van der Waals surface area contributed by atoms with Crippen molar-refractivity contribution in [2.75, 3.05) is 6.61 Å². The van der Waals surface area contributed by atoms with Gasteiger partial charge in [0.2, 0.25) is 0 Å². The van der Waals surface area contributed by atoms with Crippen LogP contribution in [0.15, 0.2) is 24.3 Å².